The number of carbonyl (C=O) groups is 3. The molecule has 1 unspecified atom stereocenters. The molecular formula is C14H21N3O3. The van der Waals surface area contributed by atoms with Gasteiger partial charge in [-0.15, -0.1) is 0 Å². The molecule has 0 aromatic carbocycles. The van der Waals surface area contributed by atoms with E-state index in [1.807, 2.05) is 0 Å². The Morgan fingerprint density at radius 2 is 2.00 bits per heavy atom. The Morgan fingerprint density at radius 1 is 1.25 bits per heavy atom. The molecular weight excluding hydrogens is 258 g/mol. The van der Waals surface area contributed by atoms with Gasteiger partial charge in [0, 0.05) is 19.1 Å². The highest BCUT2D eigenvalue weighted by Gasteiger charge is 2.44. The second kappa shape index (κ2) is 5.07. The van der Waals surface area contributed by atoms with Gasteiger partial charge in [0.15, 0.2) is 0 Å². The molecule has 3 aliphatic rings. The predicted molar refractivity (Wildman–Crippen MR) is 71.8 cm³/mol. The normalized spacial score (nSPS) is 27.4. The summed E-state index contributed by atoms with van der Waals surface area (Å²) in [5.74, 6) is 0.164. The summed E-state index contributed by atoms with van der Waals surface area (Å²) >= 11 is 0. The third kappa shape index (κ3) is 2.51. The third-order valence-corrected chi connectivity index (χ3v) is 4.37. The lowest BCUT2D eigenvalue weighted by Gasteiger charge is -2.31. The van der Waals surface area contributed by atoms with Crippen molar-refractivity contribution in [1.82, 2.24) is 14.7 Å². The summed E-state index contributed by atoms with van der Waals surface area (Å²) < 4.78 is 0. The molecule has 4 amide bonds. The molecule has 3 fully saturated rings. The van der Waals surface area contributed by atoms with Gasteiger partial charge >= 0.3 is 6.03 Å². The van der Waals surface area contributed by atoms with Gasteiger partial charge in [-0.05, 0) is 31.6 Å². The maximum Gasteiger partial charge on any atom is 0.327 e. The van der Waals surface area contributed by atoms with Crippen molar-refractivity contribution in [3.8, 4) is 0 Å². The first-order valence-corrected chi connectivity index (χ1v) is 7.45. The monoisotopic (exact) mass is 279 g/mol. The van der Waals surface area contributed by atoms with Crippen molar-refractivity contribution in [3.63, 3.8) is 0 Å². The van der Waals surface area contributed by atoms with Crippen LogP contribution in [0, 0.1) is 5.92 Å². The molecule has 0 bridgehead atoms. The Labute approximate surface area is 118 Å². The Kier molecular flexibility index (Phi) is 3.40. The maximum absolute atomic E-state index is 12.2. The molecule has 2 aliphatic heterocycles. The Morgan fingerprint density at radius 3 is 2.65 bits per heavy atom. The summed E-state index contributed by atoms with van der Waals surface area (Å²) in [7, 11) is 0. The summed E-state index contributed by atoms with van der Waals surface area (Å²) in [6, 6.07) is -0.0579. The number of hydrogen-bond donors (Lipinski definition) is 0. The summed E-state index contributed by atoms with van der Waals surface area (Å²) in [6.45, 7) is 3.66. The predicted octanol–water partition coefficient (Wildman–Crippen LogP) is 0.671. The number of amides is 4. The summed E-state index contributed by atoms with van der Waals surface area (Å²) in [4.78, 5) is 40.8. The van der Waals surface area contributed by atoms with Crippen LogP contribution in [0.4, 0.5) is 4.79 Å². The van der Waals surface area contributed by atoms with Crippen LogP contribution >= 0.6 is 0 Å². The van der Waals surface area contributed by atoms with E-state index in [0.717, 1.165) is 43.7 Å². The molecule has 20 heavy (non-hydrogen) atoms. The van der Waals surface area contributed by atoms with E-state index in [0.29, 0.717) is 5.92 Å². The van der Waals surface area contributed by atoms with E-state index in [4.69, 9.17) is 0 Å². The van der Waals surface area contributed by atoms with Crippen LogP contribution in [0.25, 0.3) is 0 Å². The van der Waals surface area contributed by atoms with Crippen molar-refractivity contribution in [2.45, 2.75) is 38.6 Å². The zero-order valence-electron chi connectivity index (χ0n) is 11.9. The molecule has 1 atom stereocenters. The van der Waals surface area contributed by atoms with E-state index in [-0.39, 0.29) is 37.0 Å². The van der Waals surface area contributed by atoms with Crippen LogP contribution in [0.2, 0.25) is 0 Å². The van der Waals surface area contributed by atoms with Gasteiger partial charge in [-0.2, -0.15) is 0 Å². The van der Waals surface area contributed by atoms with Crippen LogP contribution < -0.4 is 0 Å². The summed E-state index contributed by atoms with van der Waals surface area (Å²) in [5, 5.41) is 0. The highest BCUT2D eigenvalue weighted by molar-refractivity contribution is 6.04. The van der Waals surface area contributed by atoms with Crippen molar-refractivity contribution in [1.29, 1.82) is 0 Å². The number of piperidine rings is 1. The zero-order chi connectivity index (χ0) is 14.3. The molecule has 0 N–H and O–H groups in total. The quantitative estimate of drug-likeness (QED) is 0.713. The molecule has 0 radical (unpaired) electrons. The van der Waals surface area contributed by atoms with Crippen molar-refractivity contribution in [3.05, 3.63) is 0 Å². The molecule has 1 aliphatic carbocycles. The second-order valence-electron chi connectivity index (χ2n) is 6.21. The van der Waals surface area contributed by atoms with E-state index in [1.54, 1.807) is 9.80 Å². The molecule has 6 heteroatoms. The molecule has 6 nitrogen and oxygen atoms in total. The van der Waals surface area contributed by atoms with Gasteiger partial charge in [-0.25, -0.2) is 4.79 Å². The summed E-state index contributed by atoms with van der Waals surface area (Å²) in [5.41, 5.74) is 0. The lowest BCUT2D eigenvalue weighted by molar-refractivity contribution is -0.137. The van der Waals surface area contributed by atoms with Gasteiger partial charge in [0.05, 0.1) is 0 Å². The van der Waals surface area contributed by atoms with Crippen molar-refractivity contribution < 1.29 is 14.4 Å². The molecule has 0 spiro atoms. The SMILES string of the molecule is CC1CCCN(C(=O)CN2C(=O)CN(C3CC3)C2=O)C1. The van der Waals surface area contributed by atoms with E-state index < -0.39 is 0 Å². The molecule has 2 saturated heterocycles. The lowest BCUT2D eigenvalue weighted by Crippen LogP contribution is -2.46. The maximum atomic E-state index is 12.2. The molecule has 3 rings (SSSR count). The van der Waals surface area contributed by atoms with Crippen molar-refractivity contribution in [2.24, 2.45) is 5.92 Å². The standard InChI is InChI=1S/C14H21N3O3/c1-10-3-2-6-15(7-10)12(18)8-17-13(19)9-16(14(17)20)11-4-5-11/h10-11H,2-9H2,1H3. The molecule has 0 aromatic heterocycles. The Bertz CT molecular complexity index is 447. The third-order valence-electron chi connectivity index (χ3n) is 4.37. The Balaban J connectivity index is 1.60. The molecule has 1 saturated carbocycles. The van der Waals surface area contributed by atoms with Crippen molar-refractivity contribution >= 4 is 17.8 Å². The highest BCUT2D eigenvalue weighted by Crippen LogP contribution is 2.30. The largest absolute Gasteiger partial charge is 0.341 e. The van der Waals surface area contributed by atoms with Crippen LogP contribution in [-0.2, 0) is 9.59 Å². The smallest absolute Gasteiger partial charge is 0.327 e. The van der Waals surface area contributed by atoms with Crippen LogP contribution in [0.3, 0.4) is 0 Å². The van der Waals surface area contributed by atoms with Crippen LogP contribution in [-0.4, -0.2) is 64.8 Å². The fourth-order valence-electron chi connectivity index (χ4n) is 3.04. The topological polar surface area (TPSA) is 60.9 Å². The van der Waals surface area contributed by atoms with E-state index in [2.05, 4.69) is 6.92 Å². The first-order valence-electron chi connectivity index (χ1n) is 7.45. The number of nitrogens with zero attached hydrogens (tertiary/aromatic N) is 3. The van der Waals surface area contributed by atoms with Gasteiger partial charge in [0.1, 0.15) is 13.1 Å². The molecule has 2 heterocycles. The minimum absolute atomic E-state index is 0.0897. The fourth-order valence-corrected chi connectivity index (χ4v) is 3.04. The first kappa shape index (κ1) is 13.4. The first-order chi connectivity index (χ1) is 9.56. The van der Waals surface area contributed by atoms with E-state index >= 15 is 0 Å². The number of urea groups is 1. The van der Waals surface area contributed by atoms with E-state index in [1.165, 1.54) is 0 Å². The second-order valence-corrected chi connectivity index (χ2v) is 6.21. The molecule has 110 valence electrons. The highest BCUT2D eigenvalue weighted by atomic mass is 16.2. The number of hydrogen-bond acceptors (Lipinski definition) is 3. The minimum Gasteiger partial charge on any atom is -0.341 e. The van der Waals surface area contributed by atoms with Crippen LogP contribution in [0.15, 0.2) is 0 Å². The summed E-state index contributed by atoms with van der Waals surface area (Å²) in [6.07, 6.45) is 4.10. The van der Waals surface area contributed by atoms with Crippen LogP contribution in [0.5, 0.6) is 0 Å². The number of likely N-dealkylation sites (tertiary alicyclic amines) is 1. The van der Waals surface area contributed by atoms with Gasteiger partial charge in [0.25, 0.3) is 5.91 Å². The average molecular weight is 279 g/mol. The fraction of sp³-hybridized carbons (Fsp3) is 0.786. The van der Waals surface area contributed by atoms with E-state index in [9.17, 15) is 14.4 Å². The lowest BCUT2D eigenvalue weighted by atomic mass is 10.0. The average Bonchev–Trinajstić information content (AvgIpc) is 3.21. The number of imide groups is 1. The number of carbonyl (C=O) groups excluding carboxylic acids is 3. The zero-order valence-corrected chi connectivity index (χ0v) is 11.9. The molecule has 0 aromatic rings. The van der Waals surface area contributed by atoms with Gasteiger partial charge in [0.2, 0.25) is 5.91 Å². The number of rotatable bonds is 3. The van der Waals surface area contributed by atoms with Crippen LogP contribution in [0.1, 0.15) is 32.6 Å². The van der Waals surface area contributed by atoms with Gasteiger partial charge < -0.3 is 9.80 Å². The Hall–Kier alpha value is -1.59. The minimum atomic E-state index is -0.282. The van der Waals surface area contributed by atoms with Crippen molar-refractivity contribution in [2.75, 3.05) is 26.2 Å². The van der Waals surface area contributed by atoms with Gasteiger partial charge in [-0.1, -0.05) is 6.92 Å². The van der Waals surface area contributed by atoms with Gasteiger partial charge in [-0.3, -0.25) is 14.5 Å².